The molecule has 1 aromatic heterocycles. The van der Waals surface area contributed by atoms with E-state index in [1.165, 1.54) is 35.6 Å². The minimum Gasteiger partial charge on any atom is -0.288 e. The molecule has 1 aromatic carbocycles. The number of hydrogen-bond acceptors (Lipinski definition) is 4. The Hall–Kier alpha value is -0.980. The maximum atomic E-state index is 12.1. The van der Waals surface area contributed by atoms with Crippen LogP contribution in [-0.2, 0) is 9.84 Å². The zero-order chi connectivity index (χ0) is 13.3. The molecule has 0 fully saturated rings. The van der Waals surface area contributed by atoms with Crippen molar-refractivity contribution in [2.45, 2.75) is 4.90 Å². The molecule has 0 aliphatic rings. The van der Waals surface area contributed by atoms with E-state index in [0.717, 1.165) is 10.7 Å². The van der Waals surface area contributed by atoms with Crippen molar-refractivity contribution in [1.29, 1.82) is 0 Å². The van der Waals surface area contributed by atoms with E-state index >= 15 is 0 Å². The van der Waals surface area contributed by atoms with Crippen molar-refractivity contribution in [3.63, 3.8) is 0 Å². The molecular formula is C12H9BrO3S2. The summed E-state index contributed by atoms with van der Waals surface area (Å²) in [5.41, 5.74) is 0.477. The quantitative estimate of drug-likeness (QED) is 0.803. The minimum atomic E-state index is -3.23. The molecule has 6 heteroatoms. The number of benzene rings is 1. The second-order valence-corrected chi connectivity index (χ2v) is 7.51. The standard InChI is InChI=1S/C12H9BrO3S2/c1-18(15,16)9-4-2-8(3-5-9)11(14)12-10(13)6-7-17-12/h2-7H,1H3. The van der Waals surface area contributed by atoms with Crippen LogP contribution in [0.5, 0.6) is 0 Å². The Labute approximate surface area is 118 Å². The summed E-state index contributed by atoms with van der Waals surface area (Å²) in [4.78, 5) is 12.9. The Balaban J connectivity index is 2.37. The SMILES string of the molecule is CS(=O)(=O)c1ccc(C(=O)c2sccc2Br)cc1. The maximum absolute atomic E-state index is 12.1. The fraction of sp³-hybridized carbons (Fsp3) is 0.0833. The van der Waals surface area contributed by atoms with Crippen LogP contribution in [-0.4, -0.2) is 20.5 Å². The number of carbonyl (C=O) groups is 1. The van der Waals surface area contributed by atoms with Gasteiger partial charge in [0.2, 0.25) is 5.78 Å². The molecule has 94 valence electrons. The Morgan fingerprint density at radius 3 is 2.22 bits per heavy atom. The third-order valence-corrected chi connectivity index (χ3v) is 5.33. The monoisotopic (exact) mass is 344 g/mol. The highest BCUT2D eigenvalue weighted by Crippen LogP contribution is 2.25. The van der Waals surface area contributed by atoms with E-state index in [1.54, 1.807) is 0 Å². The van der Waals surface area contributed by atoms with E-state index in [0.29, 0.717) is 10.4 Å². The predicted molar refractivity (Wildman–Crippen MR) is 75.0 cm³/mol. The highest BCUT2D eigenvalue weighted by atomic mass is 79.9. The van der Waals surface area contributed by atoms with Crippen LogP contribution >= 0.6 is 27.3 Å². The molecule has 0 radical (unpaired) electrons. The lowest BCUT2D eigenvalue weighted by atomic mass is 10.1. The summed E-state index contributed by atoms with van der Waals surface area (Å²) in [5, 5.41) is 1.82. The summed E-state index contributed by atoms with van der Waals surface area (Å²) >= 11 is 4.65. The first-order chi connectivity index (χ1) is 8.39. The molecule has 2 aromatic rings. The summed E-state index contributed by atoms with van der Waals surface area (Å²) in [6.07, 6.45) is 1.14. The minimum absolute atomic E-state index is 0.114. The molecular weight excluding hydrogens is 336 g/mol. The molecule has 0 amide bonds. The van der Waals surface area contributed by atoms with Gasteiger partial charge in [0.15, 0.2) is 9.84 Å². The van der Waals surface area contributed by atoms with Gasteiger partial charge in [-0.25, -0.2) is 8.42 Å². The zero-order valence-corrected chi connectivity index (χ0v) is 12.6. The summed E-state index contributed by atoms with van der Waals surface area (Å²) in [5.74, 6) is -0.114. The van der Waals surface area contributed by atoms with Gasteiger partial charge < -0.3 is 0 Å². The van der Waals surface area contributed by atoms with Gasteiger partial charge in [-0.1, -0.05) is 0 Å². The molecule has 0 saturated carbocycles. The summed E-state index contributed by atoms with van der Waals surface area (Å²) in [6.45, 7) is 0. The van der Waals surface area contributed by atoms with Crippen molar-refractivity contribution in [1.82, 2.24) is 0 Å². The summed E-state index contributed by atoms with van der Waals surface area (Å²) < 4.78 is 23.4. The number of ketones is 1. The third-order valence-electron chi connectivity index (χ3n) is 2.37. The third kappa shape index (κ3) is 2.71. The van der Waals surface area contributed by atoms with Crippen molar-refractivity contribution < 1.29 is 13.2 Å². The first-order valence-corrected chi connectivity index (χ1v) is 8.54. The van der Waals surface area contributed by atoms with Crippen molar-refractivity contribution in [2.24, 2.45) is 0 Å². The number of rotatable bonds is 3. The Morgan fingerprint density at radius 1 is 1.17 bits per heavy atom. The summed E-state index contributed by atoms with van der Waals surface area (Å²) in [7, 11) is -3.23. The van der Waals surface area contributed by atoms with E-state index in [-0.39, 0.29) is 10.7 Å². The van der Waals surface area contributed by atoms with Gasteiger partial charge >= 0.3 is 0 Å². The van der Waals surface area contributed by atoms with Crippen molar-refractivity contribution in [3.8, 4) is 0 Å². The van der Waals surface area contributed by atoms with Crippen LogP contribution in [0.4, 0.5) is 0 Å². The number of thiophene rings is 1. The van der Waals surface area contributed by atoms with Gasteiger partial charge in [-0.05, 0) is 51.6 Å². The van der Waals surface area contributed by atoms with Gasteiger partial charge in [0.05, 0.1) is 9.77 Å². The van der Waals surface area contributed by atoms with Gasteiger partial charge in [-0.15, -0.1) is 11.3 Å². The fourth-order valence-electron chi connectivity index (χ4n) is 1.44. The first-order valence-electron chi connectivity index (χ1n) is 4.97. The lowest BCUT2D eigenvalue weighted by Crippen LogP contribution is -2.01. The lowest BCUT2D eigenvalue weighted by Gasteiger charge is -2.01. The van der Waals surface area contributed by atoms with Gasteiger partial charge in [-0.3, -0.25) is 4.79 Å². The maximum Gasteiger partial charge on any atom is 0.204 e. The number of hydrogen-bond donors (Lipinski definition) is 0. The zero-order valence-electron chi connectivity index (χ0n) is 9.38. The second kappa shape index (κ2) is 4.95. The fourth-order valence-corrected chi connectivity index (χ4v) is 3.58. The number of halogens is 1. The van der Waals surface area contributed by atoms with E-state index in [2.05, 4.69) is 15.9 Å². The molecule has 0 bridgehead atoms. The molecule has 18 heavy (non-hydrogen) atoms. The molecule has 0 N–H and O–H groups in total. The molecule has 3 nitrogen and oxygen atoms in total. The Bertz CT molecular complexity index is 684. The van der Waals surface area contributed by atoms with Crippen molar-refractivity contribution in [2.75, 3.05) is 6.26 Å². The van der Waals surface area contributed by atoms with Gasteiger partial charge in [0.1, 0.15) is 0 Å². The smallest absolute Gasteiger partial charge is 0.204 e. The van der Waals surface area contributed by atoms with Crippen LogP contribution in [0.1, 0.15) is 15.2 Å². The molecule has 0 atom stereocenters. The Morgan fingerprint density at radius 2 is 1.78 bits per heavy atom. The largest absolute Gasteiger partial charge is 0.288 e. The van der Waals surface area contributed by atoms with Gasteiger partial charge in [0, 0.05) is 16.3 Å². The molecule has 0 aliphatic carbocycles. The van der Waals surface area contributed by atoms with Crippen LogP contribution in [0.25, 0.3) is 0 Å². The van der Waals surface area contributed by atoms with Crippen LogP contribution in [0.15, 0.2) is 45.1 Å². The van der Waals surface area contributed by atoms with E-state index in [4.69, 9.17) is 0 Å². The molecule has 0 saturated heterocycles. The van der Waals surface area contributed by atoms with Crippen LogP contribution in [0, 0.1) is 0 Å². The average molecular weight is 345 g/mol. The van der Waals surface area contributed by atoms with Crippen molar-refractivity contribution >= 4 is 42.9 Å². The molecule has 0 unspecified atom stereocenters. The topological polar surface area (TPSA) is 51.2 Å². The number of carbonyl (C=O) groups excluding carboxylic acids is 1. The second-order valence-electron chi connectivity index (χ2n) is 3.72. The predicted octanol–water partition coefficient (Wildman–Crippen LogP) is 3.15. The lowest BCUT2D eigenvalue weighted by molar-refractivity contribution is 0.104. The normalized spacial score (nSPS) is 11.4. The molecule has 0 spiro atoms. The first kappa shape index (κ1) is 13.5. The highest BCUT2D eigenvalue weighted by molar-refractivity contribution is 9.10. The van der Waals surface area contributed by atoms with E-state index in [1.807, 2.05) is 11.4 Å². The van der Waals surface area contributed by atoms with Crippen LogP contribution in [0.3, 0.4) is 0 Å². The molecule has 2 rings (SSSR count). The highest BCUT2D eigenvalue weighted by Gasteiger charge is 2.15. The van der Waals surface area contributed by atoms with Gasteiger partial charge in [0.25, 0.3) is 0 Å². The van der Waals surface area contributed by atoms with E-state index in [9.17, 15) is 13.2 Å². The van der Waals surface area contributed by atoms with Crippen molar-refractivity contribution in [3.05, 3.63) is 50.6 Å². The van der Waals surface area contributed by atoms with Crippen LogP contribution in [0.2, 0.25) is 0 Å². The summed E-state index contributed by atoms with van der Waals surface area (Å²) in [6, 6.07) is 7.77. The number of sulfone groups is 1. The van der Waals surface area contributed by atoms with E-state index < -0.39 is 9.84 Å². The Kier molecular flexibility index (Phi) is 3.70. The van der Waals surface area contributed by atoms with Crippen LogP contribution < -0.4 is 0 Å². The molecule has 0 aliphatic heterocycles. The molecule has 1 heterocycles. The average Bonchev–Trinajstić information content (AvgIpc) is 2.73. The van der Waals surface area contributed by atoms with Gasteiger partial charge in [-0.2, -0.15) is 0 Å².